The Morgan fingerprint density at radius 1 is 1.14 bits per heavy atom. The molecular weight excluding hydrogens is 266 g/mol. The van der Waals surface area contributed by atoms with Crippen molar-refractivity contribution in [1.82, 2.24) is 4.90 Å². The first-order valence-corrected chi connectivity index (χ1v) is 7.60. The largest absolute Gasteiger partial charge is 0.466 e. The van der Waals surface area contributed by atoms with Gasteiger partial charge in [-0.3, -0.25) is 9.59 Å². The number of nitrogens with zero attached hydrogens (tertiary/aromatic N) is 1. The van der Waals surface area contributed by atoms with Crippen LogP contribution in [0.3, 0.4) is 0 Å². The summed E-state index contributed by atoms with van der Waals surface area (Å²) in [6.45, 7) is 6.52. The Kier molecular flexibility index (Phi) is 7.51. The van der Waals surface area contributed by atoms with Gasteiger partial charge in [0.2, 0.25) is 5.91 Å². The molecule has 21 heavy (non-hydrogen) atoms. The van der Waals surface area contributed by atoms with E-state index in [0.29, 0.717) is 19.6 Å². The Bertz CT molecular complexity index is 445. The summed E-state index contributed by atoms with van der Waals surface area (Å²) in [6, 6.07) is 9.83. The standard InChI is InChI=1S/C17H25NO3/c1-4-9-16(19)18(13-12-17(20)21-5-2)14(3)15-10-7-6-8-11-15/h6-8,10-11,14H,4-5,9,12-13H2,1-3H3. The highest BCUT2D eigenvalue weighted by atomic mass is 16.5. The summed E-state index contributed by atoms with van der Waals surface area (Å²) in [7, 11) is 0. The molecule has 0 radical (unpaired) electrons. The Balaban J connectivity index is 2.77. The Hall–Kier alpha value is -1.84. The van der Waals surface area contributed by atoms with Gasteiger partial charge >= 0.3 is 5.97 Å². The highest BCUT2D eigenvalue weighted by Gasteiger charge is 2.21. The van der Waals surface area contributed by atoms with Crippen LogP contribution in [0.25, 0.3) is 0 Å². The third kappa shape index (κ3) is 5.58. The molecule has 0 aliphatic carbocycles. The molecule has 4 heteroatoms. The smallest absolute Gasteiger partial charge is 0.307 e. The van der Waals surface area contributed by atoms with Crippen molar-refractivity contribution in [1.29, 1.82) is 0 Å². The zero-order chi connectivity index (χ0) is 15.7. The van der Waals surface area contributed by atoms with Crippen LogP contribution < -0.4 is 0 Å². The van der Waals surface area contributed by atoms with Crippen molar-refractivity contribution in [2.24, 2.45) is 0 Å². The van der Waals surface area contributed by atoms with Crippen molar-refractivity contribution in [3.63, 3.8) is 0 Å². The zero-order valence-corrected chi connectivity index (χ0v) is 13.2. The Labute approximate surface area is 127 Å². The van der Waals surface area contributed by atoms with E-state index in [0.717, 1.165) is 12.0 Å². The zero-order valence-electron chi connectivity index (χ0n) is 13.2. The number of rotatable bonds is 8. The van der Waals surface area contributed by atoms with E-state index in [1.165, 1.54) is 0 Å². The first kappa shape index (κ1) is 17.2. The number of amides is 1. The molecule has 0 bridgehead atoms. The summed E-state index contributed by atoms with van der Waals surface area (Å²) in [4.78, 5) is 25.6. The molecule has 1 amide bonds. The minimum absolute atomic E-state index is 0.0420. The molecule has 1 atom stereocenters. The maximum absolute atomic E-state index is 12.3. The van der Waals surface area contributed by atoms with Crippen molar-refractivity contribution in [2.45, 2.75) is 46.1 Å². The van der Waals surface area contributed by atoms with Crippen molar-refractivity contribution in [3.05, 3.63) is 35.9 Å². The second-order valence-electron chi connectivity index (χ2n) is 4.98. The number of hydrogen-bond acceptors (Lipinski definition) is 3. The third-order valence-corrected chi connectivity index (χ3v) is 3.40. The van der Waals surface area contributed by atoms with E-state index in [2.05, 4.69) is 0 Å². The first-order valence-electron chi connectivity index (χ1n) is 7.60. The molecule has 0 heterocycles. The van der Waals surface area contributed by atoms with Gasteiger partial charge in [0.15, 0.2) is 0 Å². The number of esters is 1. The van der Waals surface area contributed by atoms with Crippen LogP contribution in [0.5, 0.6) is 0 Å². The molecule has 0 fully saturated rings. The molecule has 1 aromatic rings. The average Bonchev–Trinajstić information content (AvgIpc) is 2.48. The van der Waals surface area contributed by atoms with Crippen LogP contribution in [-0.2, 0) is 14.3 Å². The van der Waals surface area contributed by atoms with E-state index >= 15 is 0 Å². The van der Waals surface area contributed by atoms with E-state index in [9.17, 15) is 9.59 Å². The predicted molar refractivity (Wildman–Crippen MR) is 82.7 cm³/mol. The van der Waals surface area contributed by atoms with Gasteiger partial charge in [-0.15, -0.1) is 0 Å². The maximum atomic E-state index is 12.3. The topological polar surface area (TPSA) is 46.6 Å². The van der Waals surface area contributed by atoms with Crippen LogP contribution in [0, 0.1) is 0 Å². The highest BCUT2D eigenvalue weighted by molar-refractivity contribution is 5.77. The fourth-order valence-corrected chi connectivity index (χ4v) is 2.25. The number of hydrogen-bond donors (Lipinski definition) is 0. The minimum atomic E-state index is -0.257. The van der Waals surface area contributed by atoms with Crippen LogP contribution in [0.2, 0.25) is 0 Å². The number of ether oxygens (including phenoxy) is 1. The second kappa shape index (κ2) is 9.16. The molecule has 1 aromatic carbocycles. The summed E-state index contributed by atoms with van der Waals surface area (Å²) in [5, 5.41) is 0. The number of carbonyl (C=O) groups is 2. The number of benzene rings is 1. The molecule has 116 valence electrons. The molecule has 0 aliphatic rings. The summed E-state index contributed by atoms with van der Waals surface area (Å²) in [5.74, 6) is -0.176. The van der Waals surface area contributed by atoms with Gasteiger partial charge in [0.25, 0.3) is 0 Å². The van der Waals surface area contributed by atoms with Gasteiger partial charge in [-0.2, -0.15) is 0 Å². The van der Waals surface area contributed by atoms with E-state index < -0.39 is 0 Å². The lowest BCUT2D eigenvalue weighted by Gasteiger charge is -2.29. The summed E-state index contributed by atoms with van der Waals surface area (Å²) in [6.07, 6.45) is 1.54. The molecule has 0 saturated carbocycles. The molecular formula is C17H25NO3. The normalized spacial score (nSPS) is 11.8. The van der Waals surface area contributed by atoms with Gasteiger partial charge < -0.3 is 9.64 Å². The second-order valence-corrected chi connectivity index (χ2v) is 4.98. The molecule has 0 aromatic heterocycles. The van der Waals surface area contributed by atoms with Gasteiger partial charge in [0.1, 0.15) is 0 Å². The van der Waals surface area contributed by atoms with Gasteiger partial charge in [-0.1, -0.05) is 37.3 Å². The van der Waals surface area contributed by atoms with Crippen LogP contribution >= 0.6 is 0 Å². The van der Waals surface area contributed by atoms with Gasteiger partial charge in [0.05, 0.1) is 19.1 Å². The molecule has 0 N–H and O–H groups in total. The summed E-state index contributed by atoms with van der Waals surface area (Å²) in [5.41, 5.74) is 1.07. The van der Waals surface area contributed by atoms with Crippen molar-refractivity contribution < 1.29 is 14.3 Å². The average molecular weight is 291 g/mol. The lowest BCUT2D eigenvalue weighted by molar-refractivity contribution is -0.144. The fraction of sp³-hybridized carbons (Fsp3) is 0.529. The van der Waals surface area contributed by atoms with E-state index in [-0.39, 0.29) is 24.3 Å². The molecule has 1 unspecified atom stereocenters. The predicted octanol–water partition coefficient (Wildman–Crippen LogP) is 3.33. The van der Waals surface area contributed by atoms with Crippen LogP contribution in [0.4, 0.5) is 0 Å². The van der Waals surface area contributed by atoms with Crippen molar-refractivity contribution in [3.8, 4) is 0 Å². The molecule has 0 aliphatic heterocycles. The van der Waals surface area contributed by atoms with Crippen LogP contribution in [0.15, 0.2) is 30.3 Å². The molecule has 0 saturated heterocycles. The van der Waals surface area contributed by atoms with Gasteiger partial charge in [0, 0.05) is 13.0 Å². The monoisotopic (exact) mass is 291 g/mol. The third-order valence-electron chi connectivity index (χ3n) is 3.40. The van der Waals surface area contributed by atoms with Gasteiger partial charge in [-0.25, -0.2) is 0 Å². The Morgan fingerprint density at radius 3 is 2.38 bits per heavy atom. The summed E-state index contributed by atoms with van der Waals surface area (Å²) >= 11 is 0. The quantitative estimate of drug-likeness (QED) is 0.690. The van der Waals surface area contributed by atoms with E-state index in [1.54, 1.807) is 11.8 Å². The van der Waals surface area contributed by atoms with Crippen LogP contribution in [0.1, 0.15) is 51.6 Å². The lowest BCUT2D eigenvalue weighted by atomic mass is 10.1. The van der Waals surface area contributed by atoms with Crippen LogP contribution in [-0.4, -0.2) is 29.9 Å². The Morgan fingerprint density at radius 2 is 1.81 bits per heavy atom. The van der Waals surface area contributed by atoms with E-state index in [4.69, 9.17) is 4.74 Å². The highest BCUT2D eigenvalue weighted by Crippen LogP contribution is 2.21. The molecule has 0 spiro atoms. The van der Waals surface area contributed by atoms with Gasteiger partial charge in [-0.05, 0) is 25.8 Å². The first-order chi connectivity index (χ1) is 10.1. The molecule has 4 nitrogen and oxygen atoms in total. The van der Waals surface area contributed by atoms with E-state index in [1.807, 2.05) is 44.2 Å². The summed E-state index contributed by atoms with van der Waals surface area (Å²) < 4.78 is 4.94. The fourth-order valence-electron chi connectivity index (χ4n) is 2.25. The SMILES string of the molecule is CCCC(=O)N(CCC(=O)OCC)C(C)c1ccccc1. The maximum Gasteiger partial charge on any atom is 0.307 e. The van der Waals surface area contributed by atoms with Crippen molar-refractivity contribution in [2.75, 3.05) is 13.2 Å². The minimum Gasteiger partial charge on any atom is -0.466 e. The lowest BCUT2D eigenvalue weighted by Crippen LogP contribution is -2.35. The molecule has 1 rings (SSSR count). The van der Waals surface area contributed by atoms with Crippen molar-refractivity contribution >= 4 is 11.9 Å². The number of carbonyl (C=O) groups excluding carboxylic acids is 2.